The summed E-state index contributed by atoms with van der Waals surface area (Å²) in [4.78, 5) is 16.9. The maximum Gasteiger partial charge on any atom is 0.188 e. The van der Waals surface area contributed by atoms with Crippen molar-refractivity contribution in [2.75, 3.05) is 23.3 Å². The molecule has 3 aromatic rings. The lowest BCUT2D eigenvalue weighted by molar-refractivity contribution is 0.493. The predicted molar refractivity (Wildman–Crippen MR) is 98.1 cm³/mol. The van der Waals surface area contributed by atoms with Gasteiger partial charge in [0.15, 0.2) is 16.1 Å². The van der Waals surface area contributed by atoms with Crippen molar-refractivity contribution in [3.05, 3.63) is 23.3 Å². The molecule has 1 fully saturated rings. The second kappa shape index (κ2) is 6.34. The van der Waals surface area contributed by atoms with Crippen molar-refractivity contribution >= 4 is 49.0 Å². The van der Waals surface area contributed by atoms with Crippen LogP contribution in [0.1, 0.15) is 17.7 Å². The molecule has 24 heavy (non-hydrogen) atoms. The van der Waals surface area contributed by atoms with E-state index in [-0.39, 0.29) is 5.92 Å². The lowest BCUT2D eigenvalue weighted by Crippen LogP contribution is -2.34. The molecule has 0 aliphatic carbocycles. The molecule has 6 nitrogen and oxygen atoms in total. The monoisotopic (exact) mass is 356 g/mol. The van der Waals surface area contributed by atoms with Crippen LogP contribution in [0.4, 0.5) is 16.1 Å². The standard InChI is InChI=1S/C16H16N6S2/c1-10-8-19-15(23-10)21-14-13-12(4-5-18-14)20-16(24-13)22-6-2-3-11(7-17)9-22/h4-5,8,11H,2-3,6,9H2,1H3,(H,18,19,21). The SMILES string of the molecule is Cc1cnc(Nc2nccc3nc(N4CCCC(C#N)C4)sc23)s1. The zero-order chi connectivity index (χ0) is 16.5. The van der Waals surface area contributed by atoms with Gasteiger partial charge in [0, 0.05) is 30.4 Å². The summed E-state index contributed by atoms with van der Waals surface area (Å²) in [5, 5.41) is 14.3. The van der Waals surface area contributed by atoms with Gasteiger partial charge in [0.05, 0.1) is 22.2 Å². The number of anilines is 3. The van der Waals surface area contributed by atoms with Crippen molar-refractivity contribution in [2.24, 2.45) is 5.92 Å². The van der Waals surface area contributed by atoms with E-state index < -0.39 is 0 Å². The van der Waals surface area contributed by atoms with Crippen LogP contribution in [-0.4, -0.2) is 28.0 Å². The van der Waals surface area contributed by atoms with Gasteiger partial charge >= 0.3 is 0 Å². The molecule has 1 unspecified atom stereocenters. The first-order chi connectivity index (χ1) is 11.7. The highest BCUT2D eigenvalue weighted by atomic mass is 32.1. The maximum atomic E-state index is 9.19. The van der Waals surface area contributed by atoms with Gasteiger partial charge < -0.3 is 10.2 Å². The third-order valence-corrected chi connectivity index (χ3v) is 5.98. The molecule has 4 heterocycles. The molecule has 8 heteroatoms. The first-order valence-corrected chi connectivity index (χ1v) is 9.46. The van der Waals surface area contributed by atoms with E-state index in [0.717, 1.165) is 57.1 Å². The van der Waals surface area contributed by atoms with Gasteiger partial charge in [0.2, 0.25) is 0 Å². The minimum absolute atomic E-state index is 0.0970. The summed E-state index contributed by atoms with van der Waals surface area (Å²) in [5.41, 5.74) is 0.930. The Kier molecular flexibility index (Phi) is 4.04. The minimum atomic E-state index is 0.0970. The molecule has 0 saturated carbocycles. The van der Waals surface area contributed by atoms with Crippen LogP contribution in [0.15, 0.2) is 18.5 Å². The second-order valence-corrected chi connectivity index (χ2v) is 8.03. The highest BCUT2D eigenvalue weighted by Gasteiger charge is 2.22. The van der Waals surface area contributed by atoms with Gasteiger partial charge in [-0.1, -0.05) is 11.3 Å². The Morgan fingerprint density at radius 1 is 1.38 bits per heavy atom. The number of aromatic nitrogens is 3. The molecule has 0 bridgehead atoms. The molecule has 0 spiro atoms. The number of rotatable bonds is 3. The summed E-state index contributed by atoms with van der Waals surface area (Å²) in [5.74, 6) is 0.888. The number of nitrogens with one attached hydrogen (secondary N) is 1. The average Bonchev–Trinajstić information content (AvgIpc) is 3.22. The Morgan fingerprint density at radius 2 is 2.29 bits per heavy atom. The van der Waals surface area contributed by atoms with Crippen LogP contribution >= 0.6 is 22.7 Å². The number of piperidine rings is 1. The van der Waals surface area contributed by atoms with E-state index in [2.05, 4.69) is 26.3 Å². The van der Waals surface area contributed by atoms with E-state index in [1.54, 1.807) is 28.9 Å². The Labute approximate surface area is 147 Å². The zero-order valence-corrected chi connectivity index (χ0v) is 14.8. The first-order valence-electron chi connectivity index (χ1n) is 7.82. The van der Waals surface area contributed by atoms with Gasteiger partial charge in [0.1, 0.15) is 0 Å². The fourth-order valence-electron chi connectivity index (χ4n) is 2.84. The average molecular weight is 356 g/mol. The molecule has 1 atom stereocenters. The molecular weight excluding hydrogens is 340 g/mol. The van der Waals surface area contributed by atoms with Crippen LogP contribution in [-0.2, 0) is 0 Å². The number of pyridine rings is 1. The van der Waals surface area contributed by atoms with Crippen molar-refractivity contribution in [2.45, 2.75) is 19.8 Å². The fraction of sp³-hybridized carbons (Fsp3) is 0.375. The van der Waals surface area contributed by atoms with Gasteiger partial charge in [-0.05, 0) is 25.8 Å². The van der Waals surface area contributed by atoms with Crippen LogP contribution in [0.25, 0.3) is 10.2 Å². The summed E-state index contributed by atoms with van der Waals surface area (Å²) in [6.45, 7) is 3.75. The number of nitriles is 1. The second-order valence-electron chi connectivity index (χ2n) is 5.82. The molecule has 0 aromatic carbocycles. The van der Waals surface area contributed by atoms with Crippen molar-refractivity contribution in [3.63, 3.8) is 0 Å². The summed E-state index contributed by atoms with van der Waals surface area (Å²) >= 11 is 3.23. The summed E-state index contributed by atoms with van der Waals surface area (Å²) in [6, 6.07) is 4.32. The minimum Gasteiger partial charge on any atom is -0.347 e. The number of aryl methyl sites for hydroxylation is 1. The normalized spacial score (nSPS) is 17.8. The van der Waals surface area contributed by atoms with Gasteiger partial charge in [0.25, 0.3) is 0 Å². The van der Waals surface area contributed by atoms with Crippen LogP contribution in [0, 0.1) is 24.2 Å². The van der Waals surface area contributed by atoms with E-state index in [4.69, 9.17) is 4.98 Å². The predicted octanol–water partition coefficient (Wildman–Crippen LogP) is 3.94. The molecule has 0 radical (unpaired) electrons. The van der Waals surface area contributed by atoms with E-state index in [0.29, 0.717) is 0 Å². The van der Waals surface area contributed by atoms with Gasteiger partial charge in [-0.15, -0.1) is 11.3 Å². The summed E-state index contributed by atoms with van der Waals surface area (Å²) in [6.07, 6.45) is 5.63. The highest BCUT2D eigenvalue weighted by molar-refractivity contribution is 7.22. The van der Waals surface area contributed by atoms with E-state index in [1.807, 2.05) is 19.2 Å². The van der Waals surface area contributed by atoms with Crippen molar-refractivity contribution in [1.82, 2.24) is 15.0 Å². The molecule has 3 aromatic heterocycles. The number of fused-ring (bicyclic) bond motifs is 1. The first kappa shape index (κ1) is 15.3. The zero-order valence-electron chi connectivity index (χ0n) is 13.2. The molecule has 1 saturated heterocycles. The van der Waals surface area contributed by atoms with Crippen molar-refractivity contribution in [3.8, 4) is 6.07 Å². The Balaban J connectivity index is 1.65. The number of thiazole rings is 2. The Hall–Kier alpha value is -2.24. The largest absolute Gasteiger partial charge is 0.347 e. The lowest BCUT2D eigenvalue weighted by atomic mass is 10.0. The Bertz CT molecular complexity index is 909. The quantitative estimate of drug-likeness (QED) is 0.766. The topological polar surface area (TPSA) is 77.7 Å². The smallest absolute Gasteiger partial charge is 0.188 e. The molecule has 1 aliphatic rings. The van der Waals surface area contributed by atoms with Crippen molar-refractivity contribution < 1.29 is 0 Å². The third-order valence-electron chi connectivity index (χ3n) is 4.01. The Morgan fingerprint density at radius 3 is 3.08 bits per heavy atom. The molecule has 1 N–H and O–H groups in total. The van der Waals surface area contributed by atoms with Crippen molar-refractivity contribution in [1.29, 1.82) is 5.26 Å². The maximum absolute atomic E-state index is 9.19. The fourth-order valence-corrected chi connectivity index (χ4v) is 4.54. The number of nitrogens with zero attached hydrogens (tertiary/aromatic N) is 5. The van der Waals surface area contributed by atoms with Crippen LogP contribution < -0.4 is 10.2 Å². The van der Waals surface area contributed by atoms with Crippen LogP contribution in [0.5, 0.6) is 0 Å². The highest BCUT2D eigenvalue weighted by Crippen LogP contribution is 2.36. The lowest BCUT2D eigenvalue weighted by Gasteiger charge is -2.28. The summed E-state index contributed by atoms with van der Waals surface area (Å²) < 4.78 is 1.03. The van der Waals surface area contributed by atoms with Gasteiger partial charge in [-0.2, -0.15) is 5.26 Å². The van der Waals surface area contributed by atoms with E-state index >= 15 is 0 Å². The van der Waals surface area contributed by atoms with E-state index in [9.17, 15) is 5.26 Å². The molecule has 122 valence electrons. The molecule has 1 aliphatic heterocycles. The van der Waals surface area contributed by atoms with Gasteiger partial charge in [-0.25, -0.2) is 15.0 Å². The summed E-state index contributed by atoms with van der Waals surface area (Å²) in [7, 11) is 0. The molecule has 0 amide bonds. The van der Waals surface area contributed by atoms with Gasteiger partial charge in [-0.3, -0.25) is 0 Å². The molecule has 4 rings (SSSR count). The molecular formula is C16H16N6S2. The number of hydrogen-bond donors (Lipinski definition) is 1. The number of hydrogen-bond acceptors (Lipinski definition) is 8. The third kappa shape index (κ3) is 2.92. The van der Waals surface area contributed by atoms with E-state index in [1.165, 1.54) is 0 Å². The van der Waals surface area contributed by atoms with Crippen LogP contribution in [0.3, 0.4) is 0 Å². The van der Waals surface area contributed by atoms with Crippen LogP contribution in [0.2, 0.25) is 0 Å².